The van der Waals surface area contributed by atoms with E-state index < -0.39 is 17.6 Å². The number of nitrogens with one attached hydrogen (secondary N) is 1. The zero-order valence-corrected chi connectivity index (χ0v) is 15.5. The van der Waals surface area contributed by atoms with Gasteiger partial charge in [0, 0.05) is 5.69 Å². The molecule has 0 fully saturated rings. The summed E-state index contributed by atoms with van der Waals surface area (Å²) >= 11 is 0. The molecule has 1 heterocycles. The molecule has 0 aliphatic carbocycles. The van der Waals surface area contributed by atoms with E-state index in [9.17, 15) is 18.0 Å². The summed E-state index contributed by atoms with van der Waals surface area (Å²) in [6.45, 7) is 1.60. The van der Waals surface area contributed by atoms with Crippen LogP contribution in [0.5, 0.6) is 11.5 Å². The quantitative estimate of drug-likeness (QED) is 0.634. The number of ether oxygens (including phenoxy) is 2. The van der Waals surface area contributed by atoms with Crippen molar-refractivity contribution in [2.24, 2.45) is 0 Å². The van der Waals surface area contributed by atoms with Crippen LogP contribution in [-0.2, 0) is 12.8 Å². The smallest absolute Gasteiger partial charge is 0.416 e. The van der Waals surface area contributed by atoms with Crippen LogP contribution in [0.15, 0.2) is 53.1 Å². The highest BCUT2D eigenvalue weighted by atomic mass is 19.4. The first kappa shape index (κ1) is 20.2. The van der Waals surface area contributed by atoms with Gasteiger partial charge in [-0.05, 0) is 49.4 Å². The molecule has 1 N–H and O–H groups in total. The molecular weight excluding hydrogens is 389 g/mol. The summed E-state index contributed by atoms with van der Waals surface area (Å²) in [6.07, 6.45) is -4.51. The normalized spacial score (nSPS) is 11.2. The summed E-state index contributed by atoms with van der Waals surface area (Å²) in [4.78, 5) is 12.5. The van der Waals surface area contributed by atoms with E-state index in [-0.39, 0.29) is 18.0 Å². The van der Waals surface area contributed by atoms with E-state index in [4.69, 9.17) is 14.0 Å². The van der Waals surface area contributed by atoms with Gasteiger partial charge < -0.3 is 19.3 Å². The Balaban J connectivity index is 1.73. The molecule has 0 saturated heterocycles. The molecule has 0 aliphatic heterocycles. The number of methoxy groups -OCH3 is 1. The Kier molecular flexibility index (Phi) is 5.76. The maximum absolute atomic E-state index is 12.8. The molecule has 0 spiro atoms. The zero-order valence-electron chi connectivity index (χ0n) is 15.5. The number of halogens is 3. The lowest BCUT2D eigenvalue weighted by Crippen LogP contribution is -2.16. The van der Waals surface area contributed by atoms with E-state index in [0.29, 0.717) is 22.8 Å². The number of amides is 1. The van der Waals surface area contributed by atoms with Crippen LogP contribution in [-0.4, -0.2) is 18.2 Å². The van der Waals surface area contributed by atoms with E-state index in [1.807, 2.05) is 0 Å². The third-order valence-corrected chi connectivity index (χ3v) is 4.09. The predicted octanol–water partition coefficient (Wildman–Crippen LogP) is 4.84. The summed E-state index contributed by atoms with van der Waals surface area (Å²) in [6, 6.07) is 11.2. The Morgan fingerprint density at radius 3 is 2.48 bits per heavy atom. The molecule has 0 radical (unpaired) electrons. The number of anilines is 1. The second kappa shape index (κ2) is 8.26. The van der Waals surface area contributed by atoms with E-state index >= 15 is 0 Å². The van der Waals surface area contributed by atoms with Crippen LogP contribution < -0.4 is 14.8 Å². The van der Waals surface area contributed by atoms with Crippen LogP contribution in [0.25, 0.3) is 0 Å². The second-order valence-corrected chi connectivity index (χ2v) is 6.06. The third kappa shape index (κ3) is 4.87. The molecular formula is C20H17F3N2O4. The van der Waals surface area contributed by atoms with E-state index in [1.165, 1.54) is 12.1 Å². The minimum absolute atomic E-state index is 0.00694. The van der Waals surface area contributed by atoms with Crippen LogP contribution in [0.1, 0.15) is 27.4 Å². The van der Waals surface area contributed by atoms with Gasteiger partial charge in [-0.3, -0.25) is 4.79 Å². The molecule has 0 atom stereocenters. The van der Waals surface area contributed by atoms with Crippen LogP contribution in [0.2, 0.25) is 0 Å². The monoisotopic (exact) mass is 406 g/mol. The fourth-order valence-corrected chi connectivity index (χ4v) is 2.53. The number of carbonyl (C=O) groups is 1. The van der Waals surface area contributed by atoms with Gasteiger partial charge in [0.2, 0.25) is 0 Å². The molecule has 0 aliphatic rings. The molecule has 3 rings (SSSR count). The molecule has 2 aromatic carbocycles. The van der Waals surface area contributed by atoms with Crippen molar-refractivity contribution < 1.29 is 32.0 Å². The third-order valence-electron chi connectivity index (χ3n) is 4.09. The van der Waals surface area contributed by atoms with Crippen molar-refractivity contribution >= 4 is 11.6 Å². The minimum Gasteiger partial charge on any atom is -0.497 e. The highest BCUT2D eigenvalue weighted by molar-refractivity contribution is 6.03. The van der Waals surface area contributed by atoms with Crippen LogP contribution in [0.4, 0.5) is 18.9 Å². The summed E-state index contributed by atoms with van der Waals surface area (Å²) in [5, 5.41) is 6.12. The predicted molar refractivity (Wildman–Crippen MR) is 98.0 cm³/mol. The molecule has 0 unspecified atom stereocenters. The summed E-state index contributed by atoms with van der Waals surface area (Å²) in [5.41, 5.74) is -0.541. The maximum Gasteiger partial charge on any atom is 0.416 e. The van der Waals surface area contributed by atoms with Gasteiger partial charge in [-0.15, -0.1) is 0 Å². The molecule has 6 nitrogen and oxygen atoms in total. The van der Waals surface area contributed by atoms with Crippen molar-refractivity contribution in [1.29, 1.82) is 0 Å². The number of hydrogen-bond donors (Lipinski definition) is 1. The SMILES string of the molecule is COc1ccc(OCc2c(C(=O)Nc3cccc(C(F)(F)F)c3)noc2C)cc1. The molecule has 9 heteroatoms. The van der Waals surface area contributed by atoms with Crippen LogP contribution in [0, 0.1) is 6.92 Å². The van der Waals surface area contributed by atoms with Crippen molar-refractivity contribution in [2.75, 3.05) is 12.4 Å². The number of aromatic nitrogens is 1. The Morgan fingerprint density at radius 2 is 1.83 bits per heavy atom. The van der Waals surface area contributed by atoms with Gasteiger partial charge in [0.1, 0.15) is 23.9 Å². The molecule has 29 heavy (non-hydrogen) atoms. The fourth-order valence-electron chi connectivity index (χ4n) is 2.53. The Hall–Kier alpha value is -3.49. The molecule has 1 aromatic heterocycles. The minimum atomic E-state index is -4.51. The lowest BCUT2D eigenvalue weighted by molar-refractivity contribution is -0.137. The molecule has 3 aromatic rings. The van der Waals surface area contributed by atoms with Gasteiger partial charge >= 0.3 is 6.18 Å². The van der Waals surface area contributed by atoms with E-state index in [1.54, 1.807) is 38.3 Å². The first-order valence-corrected chi connectivity index (χ1v) is 8.48. The van der Waals surface area contributed by atoms with Crippen molar-refractivity contribution in [3.8, 4) is 11.5 Å². The number of nitrogens with zero attached hydrogens (tertiary/aromatic N) is 1. The molecule has 0 bridgehead atoms. The van der Waals surface area contributed by atoms with Crippen molar-refractivity contribution in [3.05, 3.63) is 71.1 Å². The summed E-state index contributed by atoms with van der Waals surface area (Å²) in [5.74, 6) is 0.873. The lowest BCUT2D eigenvalue weighted by Gasteiger charge is -2.10. The highest BCUT2D eigenvalue weighted by Crippen LogP contribution is 2.31. The van der Waals surface area contributed by atoms with E-state index in [0.717, 1.165) is 12.1 Å². The van der Waals surface area contributed by atoms with Crippen LogP contribution in [0.3, 0.4) is 0 Å². The van der Waals surface area contributed by atoms with Gasteiger partial charge in [-0.1, -0.05) is 11.2 Å². The zero-order chi connectivity index (χ0) is 21.0. The molecule has 152 valence electrons. The fraction of sp³-hybridized carbons (Fsp3) is 0.200. The average Bonchev–Trinajstić information content (AvgIpc) is 3.07. The van der Waals surface area contributed by atoms with Gasteiger partial charge in [-0.2, -0.15) is 13.2 Å². The number of rotatable bonds is 6. The number of aryl methyl sites for hydroxylation is 1. The van der Waals surface area contributed by atoms with Crippen molar-refractivity contribution in [1.82, 2.24) is 5.16 Å². The van der Waals surface area contributed by atoms with Gasteiger partial charge in [0.05, 0.1) is 18.2 Å². The maximum atomic E-state index is 12.8. The van der Waals surface area contributed by atoms with Gasteiger partial charge in [0.25, 0.3) is 5.91 Å². The summed E-state index contributed by atoms with van der Waals surface area (Å²) < 4.78 is 54.3. The standard InChI is InChI=1S/C20H17F3N2O4/c1-12-17(11-28-16-8-6-15(27-2)7-9-16)18(25-29-12)19(26)24-14-5-3-4-13(10-14)20(21,22)23/h3-10H,11H2,1-2H3,(H,24,26). The number of hydrogen-bond acceptors (Lipinski definition) is 5. The topological polar surface area (TPSA) is 73.6 Å². The Labute approximate surface area is 164 Å². The van der Waals surface area contributed by atoms with Crippen LogP contribution >= 0.6 is 0 Å². The number of alkyl halides is 3. The summed E-state index contributed by atoms with van der Waals surface area (Å²) in [7, 11) is 1.55. The lowest BCUT2D eigenvalue weighted by atomic mass is 10.1. The average molecular weight is 406 g/mol. The Morgan fingerprint density at radius 1 is 1.14 bits per heavy atom. The first-order chi connectivity index (χ1) is 13.8. The van der Waals surface area contributed by atoms with Gasteiger partial charge in [-0.25, -0.2) is 0 Å². The second-order valence-electron chi connectivity index (χ2n) is 6.06. The molecule has 0 saturated carbocycles. The molecule has 1 amide bonds. The van der Waals surface area contributed by atoms with Crippen molar-refractivity contribution in [3.63, 3.8) is 0 Å². The largest absolute Gasteiger partial charge is 0.497 e. The van der Waals surface area contributed by atoms with Gasteiger partial charge in [0.15, 0.2) is 5.69 Å². The van der Waals surface area contributed by atoms with Crippen molar-refractivity contribution in [2.45, 2.75) is 19.7 Å². The Bertz CT molecular complexity index is 998. The first-order valence-electron chi connectivity index (χ1n) is 8.48. The number of carbonyl (C=O) groups excluding carboxylic acids is 1. The van der Waals surface area contributed by atoms with E-state index in [2.05, 4.69) is 10.5 Å². The number of benzene rings is 2. The highest BCUT2D eigenvalue weighted by Gasteiger charge is 2.30.